The zero-order valence-corrected chi connectivity index (χ0v) is 17.1. The van der Waals surface area contributed by atoms with Gasteiger partial charge in [0.15, 0.2) is 0 Å². The number of morpholine rings is 1. The average molecular weight is 478 g/mol. The van der Waals surface area contributed by atoms with Crippen LogP contribution in [-0.2, 0) is 14.8 Å². The van der Waals surface area contributed by atoms with Crippen molar-refractivity contribution in [2.24, 2.45) is 0 Å². The minimum atomic E-state index is -3.80. The number of nitrogens with zero attached hydrogens (tertiary/aromatic N) is 1. The molecule has 2 aromatic carbocycles. The SMILES string of the molecule is O=C(Nc1ccc(Cl)cc1F)c1ccc(Br)c(S(=O)(=O)N2CCOCC2)c1. The van der Waals surface area contributed by atoms with Crippen molar-refractivity contribution in [2.75, 3.05) is 31.6 Å². The van der Waals surface area contributed by atoms with Crippen molar-refractivity contribution in [3.8, 4) is 0 Å². The summed E-state index contributed by atoms with van der Waals surface area (Å²) in [6.45, 7) is 1.10. The number of hydrogen-bond donors (Lipinski definition) is 1. The Morgan fingerprint density at radius 1 is 1.19 bits per heavy atom. The molecule has 0 aromatic heterocycles. The summed E-state index contributed by atoms with van der Waals surface area (Å²) in [5, 5.41) is 2.62. The van der Waals surface area contributed by atoms with Crippen LogP contribution < -0.4 is 5.32 Å². The summed E-state index contributed by atoms with van der Waals surface area (Å²) in [6.07, 6.45) is 0. The van der Waals surface area contributed by atoms with Crippen molar-refractivity contribution in [2.45, 2.75) is 4.90 Å². The van der Waals surface area contributed by atoms with Crippen LogP contribution >= 0.6 is 27.5 Å². The summed E-state index contributed by atoms with van der Waals surface area (Å²) in [7, 11) is -3.80. The molecule has 10 heteroatoms. The minimum absolute atomic E-state index is 0.0337. The molecule has 27 heavy (non-hydrogen) atoms. The summed E-state index contributed by atoms with van der Waals surface area (Å²) in [5.41, 5.74) is 0.0317. The quantitative estimate of drug-likeness (QED) is 0.731. The highest BCUT2D eigenvalue weighted by Crippen LogP contribution is 2.27. The Hall–Kier alpha value is -1.52. The molecule has 0 bridgehead atoms. The van der Waals surface area contributed by atoms with Gasteiger partial charge in [0.2, 0.25) is 10.0 Å². The van der Waals surface area contributed by atoms with Gasteiger partial charge in [-0.3, -0.25) is 4.79 Å². The molecule has 2 aromatic rings. The van der Waals surface area contributed by atoms with E-state index in [2.05, 4.69) is 21.2 Å². The number of hydrogen-bond acceptors (Lipinski definition) is 4. The zero-order valence-electron chi connectivity index (χ0n) is 13.9. The lowest BCUT2D eigenvalue weighted by Crippen LogP contribution is -2.40. The van der Waals surface area contributed by atoms with Gasteiger partial charge in [-0.05, 0) is 52.3 Å². The molecule has 1 amide bonds. The molecule has 0 aliphatic carbocycles. The van der Waals surface area contributed by atoms with E-state index in [0.717, 1.165) is 6.07 Å². The van der Waals surface area contributed by atoms with Crippen LogP contribution in [0.25, 0.3) is 0 Å². The Morgan fingerprint density at radius 2 is 1.89 bits per heavy atom. The number of carbonyl (C=O) groups is 1. The van der Waals surface area contributed by atoms with E-state index < -0.39 is 21.7 Å². The van der Waals surface area contributed by atoms with Crippen LogP contribution in [0.15, 0.2) is 45.8 Å². The first-order chi connectivity index (χ1) is 12.8. The van der Waals surface area contributed by atoms with Gasteiger partial charge in [-0.2, -0.15) is 4.31 Å². The van der Waals surface area contributed by atoms with Crippen molar-refractivity contribution in [3.63, 3.8) is 0 Å². The number of ether oxygens (including phenoxy) is 1. The Bertz CT molecular complexity index is 981. The fourth-order valence-corrected chi connectivity index (χ4v) is 5.07. The van der Waals surface area contributed by atoms with E-state index in [9.17, 15) is 17.6 Å². The van der Waals surface area contributed by atoms with Gasteiger partial charge in [-0.15, -0.1) is 0 Å². The molecule has 0 radical (unpaired) electrons. The first-order valence-electron chi connectivity index (χ1n) is 7.93. The summed E-state index contributed by atoms with van der Waals surface area (Å²) in [6, 6.07) is 8.03. The first-order valence-corrected chi connectivity index (χ1v) is 10.5. The fourth-order valence-electron chi connectivity index (χ4n) is 2.55. The van der Waals surface area contributed by atoms with E-state index >= 15 is 0 Å². The highest BCUT2D eigenvalue weighted by molar-refractivity contribution is 9.10. The lowest BCUT2D eigenvalue weighted by atomic mass is 10.2. The molecular weight excluding hydrogens is 463 g/mol. The predicted octanol–water partition coefficient (Wildman–Crippen LogP) is 3.51. The summed E-state index contributed by atoms with van der Waals surface area (Å²) < 4.78 is 46.4. The molecule has 0 saturated carbocycles. The van der Waals surface area contributed by atoms with Gasteiger partial charge < -0.3 is 10.1 Å². The molecular formula is C17H15BrClFN2O4S. The molecule has 1 fully saturated rings. The second kappa shape index (κ2) is 8.24. The summed E-state index contributed by atoms with van der Waals surface area (Å²) in [5.74, 6) is -1.32. The average Bonchev–Trinajstić information content (AvgIpc) is 2.65. The zero-order chi connectivity index (χ0) is 19.6. The maximum atomic E-state index is 13.9. The number of anilines is 1. The molecule has 1 heterocycles. The smallest absolute Gasteiger partial charge is 0.255 e. The lowest BCUT2D eigenvalue weighted by Gasteiger charge is -2.26. The first kappa shape index (κ1) is 20.2. The maximum Gasteiger partial charge on any atom is 0.255 e. The fraction of sp³-hybridized carbons (Fsp3) is 0.235. The highest BCUT2D eigenvalue weighted by atomic mass is 79.9. The molecule has 144 valence electrons. The largest absolute Gasteiger partial charge is 0.379 e. The third-order valence-corrected chi connectivity index (χ3v) is 7.09. The predicted molar refractivity (Wildman–Crippen MR) is 103 cm³/mol. The van der Waals surface area contributed by atoms with Crippen LogP contribution in [0.3, 0.4) is 0 Å². The van der Waals surface area contributed by atoms with E-state index in [1.807, 2.05) is 0 Å². The molecule has 1 aliphatic heterocycles. The molecule has 1 aliphatic rings. The number of amides is 1. The molecule has 1 N–H and O–H groups in total. The third kappa shape index (κ3) is 4.49. The van der Waals surface area contributed by atoms with E-state index in [0.29, 0.717) is 17.7 Å². The molecule has 0 atom stereocenters. The van der Waals surface area contributed by atoms with E-state index in [1.54, 1.807) is 0 Å². The van der Waals surface area contributed by atoms with Gasteiger partial charge in [0.05, 0.1) is 23.8 Å². The monoisotopic (exact) mass is 476 g/mol. The number of halogens is 3. The van der Waals surface area contributed by atoms with Gasteiger partial charge in [0.1, 0.15) is 5.82 Å². The topological polar surface area (TPSA) is 75.7 Å². The normalized spacial score (nSPS) is 15.5. The van der Waals surface area contributed by atoms with Crippen molar-refractivity contribution in [1.29, 1.82) is 0 Å². The lowest BCUT2D eigenvalue weighted by molar-refractivity contribution is 0.0730. The number of benzene rings is 2. The molecule has 1 saturated heterocycles. The second-order valence-corrected chi connectivity index (χ2v) is 8.94. The molecule has 3 rings (SSSR count). The van der Waals surface area contributed by atoms with E-state index in [1.165, 1.54) is 34.6 Å². The van der Waals surface area contributed by atoms with Crippen molar-refractivity contribution in [1.82, 2.24) is 4.31 Å². The number of nitrogens with one attached hydrogen (secondary N) is 1. The summed E-state index contributed by atoms with van der Waals surface area (Å²) >= 11 is 8.92. The van der Waals surface area contributed by atoms with Gasteiger partial charge in [0.25, 0.3) is 5.91 Å². The van der Waals surface area contributed by atoms with Crippen LogP contribution in [0.4, 0.5) is 10.1 Å². The maximum absolute atomic E-state index is 13.9. The van der Waals surface area contributed by atoms with Crippen molar-refractivity contribution >= 4 is 49.1 Å². The van der Waals surface area contributed by atoms with Gasteiger partial charge in [0, 0.05) is 28.1 Å². The van der Waals surface area contributed by atoms with Crippen LogP contribution in [0.1, 0.15) is 10.4 Å². The van der Waals surface area contributed by atoms with Gasteiger partial charge >= 0.3 is 0 Å². The highest BCUT2D eigenvalue weighted by Gasteiger charge is 2.29. The van der Waals surface area contributed by atoms with E-state index in [4.69, 9.17) is 16.3 Å². The van der Waals surface area contributed by atoms with Crippen LogP contribution in [0.5, 0.6) is 0 Å². The van der Waals surface area contributed by atoms with Crippen molar-refractivity contribution < 1.29 is 22.3 Å². The Balaban J connectivity index is 1.89. The number of carbonyl (C=O) groups excluding carboxylic acids is 1. The van der Waals surface area contributed by atoms with Crippen molar-refractivity contribution in [3.05, 3.63) is 57.3 Å². The third-order valence-electron chi connectivity index (χ3n) is 3.96. The second-order valence-electron chi connectivity index (χ2n) is 5.74. The van der Waals surface area contributed by atoms with Gasteiger partial charge in [-0.1, -0.05) is 11.6 Å². The number of sulfonamides is 1. The van der Waals surface area contributed by atoms with Gasteiger partial charge in [-0.25, -0.2) is 12.8 Å². The standard InChI is InChI=1S/C17H15BrClFN2O4S/c18-13-3-1-11(17(23)21-15-4-2-12(19)10-14(15)20)9-16(13)27(24,25)22-5-7-26-8-6-22/h1-4,9-10H,5-8H2,(H,21,23). The molecule has 0 spiro atoms. The van der Waals surface area contributed by atoms with Crippen LogP contribution in [0.2, 0.25) is 5.02 Å². The number of rotatable bonds is 4. The Kier molecular flexibility index (Phi) is 6.17. The minimum Gasteiger partial charge on any atom is -0.379 e. The molecule has 0 unspecified atom stereocenters. The van der Waals surface area contributed by atoms with E-state index in [-0.39, 0.29) is 34.3 Å². The van der Waals surface area contributed by atoms with Crippen LogP contribution in [-0.4, -0.2) is 44.9 Å². The Morgan fingerprint density at radius 3 is 2.56 bits per heavy atom. The summed E-state index contributed by atoms with van der Waals surface area (Å²) in [4.78, 5) is 12.4. The molecule has 6 nitrogen and oxygen atoms in total. The Labute approximate surface area is 169 Å². The van der Waals surface area contributed by atoms with Crippen LogP contribution in [0, 0.1) is 5.82 Å².